The Bertz CT molecular complexity index is 721. The lowest BCUT2D eigenvalue weighted by atomic mass is 10.2. The summed E-state index contributed by atoms with van der Waals surface area (Å²) in [5.41, 5.74) is 1.33. The Hall–Kier alpha value is -1.87. The minimum absolute atomic E-state index is 0. The number of anilines is 1. The van der Waals surface area contributed by atoms with Crippen LogP contribution in [0.5, 0.6) is 0 Å². The first-order chi connectivity index (χ1) is 14.4. The van der Waals surface area contributed by atoms with Crippen molar-refractivity contribution < 1.29 is 4.74 Å². The van der Waals surface area contributed by atoms with E-state index in [2.05, 4.69) is 55.4 Å². The minimum Gasteiger partial charge on any atom is -0.381 e. The van der Waals surface area contributed by atoms with E-state index in [1.54, 1.807) is 0 Å². The van der Waals surface area contributed by atoms with E-state index < -0.39 is 0 Å². The Labute approximate surface area is 197 Å². The van der Waals surface area contributed by atoms with E-state index in [0.717, 1.165) is 77.0 Å². The highest BCUT2D eigenvalue weighted by atomic mass is 127. The van der Waals surface area contributed by atoms with Crippen molar-refractivity contribution in [3.8, 4) is 0 Å². The lowest BCUT2D eigenvalue weighted by Crippen LogP contribution is -2.52. The van der Waals surface area contributed by atoms with E-state index in [9.17, 15) is 0 Å². The lowest BCUT2D eigenvalue weighted by Gasteiger charge is -2.37. The number of hydrogen-bond donors (Lipinski definition) is 1. The third kappa shape index (κ3) is 8.10. The fourth-order valence-corrected chi connectivity index (χ4v) is 3.49. The fraction of sp³-hybridized carbons (Fsp3) is 0.478. The highest BCUT2D eigenvalue weighted by molar-refractivity contribution is 14.0. The number of pyridine rings is 1. The van der Waals surface area contributed by atoms with Gasteiger partial charge >= 0.3 is 0 Å². The monoisotopic (exact) mass is 523 g/mol. The predicted molar refractivity (Wildman–Crippen MR) is 135 cm³/mol. The van der Waals surface area contributed by atoms with Gasteiger partial charge in [-0.3, -0.25) is 4.99 Å². The van der Waals surface area contributed by atoms with Crippen LogP contribution in [0.3, 0.4) is 0 Å². The number of halogens is 1. The molecule has 0 radical (unpaired) electrons. The van der Waals surface area contributed by atoms with Crippen LogP contribution in [0.2, 0.25) is 0 Å². The van der Waals surface area contributed by atoms with Gasteiger partial charge in [0.15, 0.2) is 5.96 Å². The molecule has 1 aromatic heterocycles. The molecule has 1 fully saturated rings. The molecule has 1 saturated heterocycles. The molecular formula is C23H34IN5O. The van der Waals surface area contributed by atoms with Gasteiger partial charge in [-0.15, -0.1) is 24.0 Å². The number of benzene rings is 1. The number of guanidine groups is 1. The molecule has 2 heterocycles. The molecule has 0 saturated carbocycles. The standard InChI is InChI=1S/C23H33N5O.HI/c1-24-23(28-17-15-27(16-18-28)22-11-5-6-13-25-22)26-14-7-8-19-29-20-12-21-9-3-2-4-10-21;/h2-6,9-11,13H,7-8,12,14-20H2,1H3,(H,24,26);1H. The van der Waals surface area contributed by atoms with Gasteiger partial charge in [0.2, 0.25) is 0 Å². The van der Waals surface area contributed by atoms with Gasteiger partial charge in [-0.25, -0.2) is 4.98 Å². The molecule has 2 aromatic rings. The van der Waals surface area contributed by atoms with Gasteiger partial charge in [0.1, 0.15) is 5.82 Å². The summed E-state index contributed by atoms with van der Waals surface area (Å²) in [5.74, 6) is 2.05. The molecule has 0 spiro atoms. The molecule has 1 aromatic carbocycles. The molecule has 30 heavy (non-hydrogen) atoms. The number of nitrogens with zero attached hydrogens (tertiary/aromatic N) is 4. The molecule has 1 N–H and O–H groups in total. The molecular weight excluding hydrogens is 489 g/mol. The van der Waals surface area contributed by atoms with Crippen LogP contribution in [0.25, 0.3) is 0 Å². The SMILES string of the molecule is CN=C(NCCCCOCCc1ccccc1)N1CCN(c2ccccn2)CC1.I. The van der Waals surface area contributed by atoms with Crippen LogP contribution in [0.15, 0.2) is 59.7 Å². The first-order valence-electron chi connectivity index (χ1n) is 10.6. The third-order valence-electron chi connectivity index (χ3n) is 5.14. The Morgan fingerprint density at radius 1 is 1.00 bits per heavy atom. The second-order valence-corrected chi connectivity index (χ2v) is 7.19. The molecule has 0 bridgehead atoms. The molecule has 0 atom stereocenters. The zero-order valence-corrected chi connectivity index (χ0v) is 20.2. The maximum Gasteiger partial charge on any atom is 0.193 e. The zero-order chi connectivity index (χ0) is 20.2. The van der Waals surface area contributed by atoms with Crippen LogP contribution in [0, 0.1) is 0 Å². The van der Waals surface area contributed by atoms with E-state index in [0.29, 0.717) is 0 Å². The molecule has 0 aliphatic carbocycles. The smallest absolute Gasteiger partial charge is 0.193 e. The largest absolute Gasteiger partial charge is 0.381 e. The lowest BCUT2D eigenvalue weighted by molar-refractivity contribution is 0.133. The van der Waals surface area contributed by atoms with Crippen molar-refractivity contribution >= 4 is 35.8 Å². The summed E-state index contributed by atoms with van der Waals surface area (Å²) in [6, 6.07) is 16.6. The van der Waals surface area contributed by atoms with Gasteiger partial charge in [0.05, 0.1) is 6.61 Å². The number of hydrogen-bond acceptors (Lipinski definition) is 4. The molecule has 7 heteroatoms. The Balaban J connectivity index is 0.00000320. The number of ether oxygens (including phenoxy) is 1. The second-order valence-electron chi connectivity index (χ2n) is 7.19. The van der Waals surface area contributed by atoms with E-state index >= 15 is 0 Å². The summed E-state index contributed by atoms with van der Waals surface area (Å²) in [6.07, 6.45) is 4.98. The van der Waals surface area contributed by atoms with Crippen molar-refractivity contribution in [2.75, 3.05) is 57.9 Å². The van der Waals surface area contributed by atoms with Crippen molar-refractivity contribution in [3.63, 3.8) is 0 Å². The molecule has 3 rings (SSSR count). The summed E-state index contributed by atoms with van der Waals surface area (Å²) in [6.45, 7) is 6.38. The van der Waals surface area contributed by atoms with Gasteiger partial charge < -0.3 is 19.9 Å². The second kappa shape index (κ2) is 14.2. The maximum absolute atomic E-state index is 5.76. The predicted octanol–water partition coefficient (Wildman–Crippen LogP) is 3.44. The van der Waals surface area contributed by atoms with Gasteiger partial charge in [-0.2, -0.15) is 0 Å². The maximum atomic E-state index is 5.76. The van der Waals surface area contributed by atoms with Crippen LogP contribution >= 0.6 is 24.0 Å². The van der Waals surface area contributed by atoms with Crippen LogP contribution in [-0.2, 0) is 11.2 Å². The van der Waals surface area contributed by atoms with Gasteiger partial charge in [0.25, 0.3) is 0 Å². The minimum atomic E-state index is 0. The van der Waals surface area contributed by atoms with Crippen LogP contribution in [0.1, 0.15) is 18.4 Å². The molecule has 6 nitrogen and oxygen atoms in total. The van der Waals surface area contributed by atoms with E-state index in [1.165, 1.54) is 5.56 Å². The van der Waals surface area contributed by atoms with E-state index in [1.807, 2.05) is 31.4 Å². The summed E-state index contributed by atoms with van der Waals surface area (Å²) in [7, 11) is 1.86. The first kappa shape index (κ1) is 24.4. The molecule has 1 aliphatic heterocycles. The number of nitrogens with one attached hydrogen (secondary N) is 1. The zero-order valence-electron chi connectivity index (χ0n) is 17.9. The summed E-state index contributed by atoms with van der Waals surface area (Å²) < 4.78 is 5.76. The Kier molecular flexibility index (Phi) is 11.5. The normalized spacial score (nSPS) is 14.4. The van der Waals surface area contributed by atoms with E-state index in [-0.39, 0.29) is 24.0 Å². The average Bonchev–Trinajstić information content (AvgIpc) is 2.80. The summed E-state index contributed by atoms with van der Waals surface area (Å²) in [5, 5.41) is 3.50. The van der Waals surface area contributed by atoms with Crippen molar-refractivity contribution in [3.05, 3.63) is 60.3 Å². The van der Waals surface area contributed by atoms with Gasteiger partial charge in [-0.1, -0.05) is 36.4 Å². The average molecular weight is 523 g/mol. The Morgan fingerprint density at radius 2 is 1.77 bits per heavy atom. The third-order valence-corrected chi connectivity index (χ3v) is 5.14. The molecule has 0 unspecified atom stereocenters. The van der Waals surface area contributed by atoms with Crippen molar-refractivity contribution in [2.24, 2.45) is 4.99 Å². The van der Waals surface area contributed by atoms with Crippen LogP contribution < -0.4 is 10.2 Å². The van der Waals surface area contributed by atoms with Crippen molar-refractivity contribution in [1.29, 1.82) is 0 Å². The van der Waals surface area contributed by atoms with Crippen LogP contribution in [-0.4, -0.2) is 68.8 Å². The number of rotatable bonds is 9. The number of aliphatic imine (C=N–C) groups is 1. The number of piperazine rings is 1. The molecule has 1 aliphatic rings. The van der Waals surface area contributed by atoms with E-state index in [4.69, 9.17) is 4.74 Å². The summed E-state index contributed by atoms with van der Waals surface area (Å²) >= 11 is 0. The van der Waals surface area contributed by atoms with Crippen LogP contribution in [0.4, 0.5) is 5.82 Å². The molecule has 164 valence electrons. The first-order valence-corrected chi connectivity index (χ1v) is 10.6. The topological polar surface area (TPSA) is 53.0 Å². The number of aromatic nitrogens is 1. The van der Waals surface area contributed by atoms with Gasteiger partial charge in [0, 0.05) is 52.6 Å². The quantitative estimate of drug-likeness (QED) is 0.236. The number of unbranched alkanes of at least 4 members (excludes halogenated alkanes) is 1. The summed E-state index contributed by atoms with van der Waals surface area (Å²) in [4.78, 5) is 13.6. The fourth-order valence-electron chi connectivity index (χ4n) is 3.49. The van der Waals surface area contributed by atoms with Gasteiger partial charge in [-0.05, 0) is 37.0 Å². The Morgan fingerprint density at radius 3 is 2.47 bits per heavy atom. The van der Waals surface area contributed by atoms with Crippen molar-refractivity contribution in [1.82, 2.24) is 15.2 Å². The molecule has 0 amide bonds. The highest BCUT2D eigenvalue weighted by Gasteiger charge is 2.20. The van der Waals surface area contributed by atoms with Crippen molar-refractivity contribution in [2.45, 2.75) is 19.3 Å². The highest BCUT2D eigenvalue weighted by Crippen LogP contribution is 2.12.